The monoisotopic (exact) mass is 488 g/mol. The lowest BCUT2D eigenvalue weighted by Gasteiger charge is -2.21. The zero-order chi connectivity index (χ0) is 24.9. The zero-order valence-corrected chi connectivity index (χ0v) is 20.2. The highest BCUT2D eigenvalue weighted by molar-refractivity contribution is 6.30. The highest BCUT2D eigenvalue weighted by atomic mass is 35.5. The van der Waals surface area contributed by atoms with Crippen molar-refractivity contribution < 1.29 is 9.59 Å². The lowest BCUT2D eigenvalue weighted by Crippen LogP contribution is -2.34. The van der Waals surface area contributed by atoms with Crippen molar-refractivity contribution in [1.82, 2.24) is 9.55 Å². The maximum atomic E-state index is 13.9. The molecule has 0 radical (unpaired) electrons. The molecule has 7 nitrogen and oxygen atoms in total. The van der Waals surface area contributed by atoms with Gasteiger partial charge in [-0.25, -0.2) is 4.98 Å². The Balaban J connectivity index is 1.87. The molecule has 4 aromatic rings. The molecule has 0 saturated heterocycles. The molecule has 0 aliphatic heterocycles. The number of anilines is 2. The predicted octanol–water partition coefficient (Wildman–Crippen LogP) is 5.66. The van der Waals surface area contributed by atoms with Crippen LogP contribution in [0, 0.1) is 0 Å². The van der Waals surface area contributed by atoms with Crippen LogP contribution in [0.5, 0.6) is 0 Å². The van der Waals surface area contributed by atoms with Gasteiger partial charge in [0.1, 0.15) is 11.7 Å². The summed E-state index contributed by atoms with van der Waals surface area (Å²) in [5.41, 5.74) is 2.36. The molecule has 35 heavy (non-hydrogen) atoms. The summed E-state index contributed by atoms with van der Waals surface area (Å²) in [6.07, 6.45) is 0.666. The minimum atomic E-state index is -0.800. The van der Waals surface area contributed by atoms with E-state index >= 15 is 0 Å². The van der Waals surface area contributed by atoms with Crippen LogP contribution in [-0.2, 0) is 9.59 Å². The third-order valence-electron chi connectivity index (χ3n) is 5.67. The third kappa shape index (κ3) is 5.10. The Morgan fingerprint density at radius 1 is 0.971 bits per heavy atom. The van der Waals surface area contributed by atoms with Crippen LogP contribution in [0.25, 0.3) is 22.3 Å². The van der Waals surface area contributed by atoms with Crippen LogP contribution in [0.1, 0.15) is 32.7 Å². The van der Waals surface area contributed by atoms with Crippen molar-refractivity contribution in [1.29, 1.82) is 0 Å². The first kappa shape index (κ1) is 24.2. The van der Waals surface area contributed by atoms with E-state index in [1.807, 2.05) is 13.0 Å². The van der Waals surface area contributed by atoms with Gasteiger partial charge < -0.3 is 10.6 Å². The van der Waals surface area contributed by atoms with Gasteiger partial charge in [-0.1, -0.05) is 61.8 Å². The number of halogens is 1. The second kappa shape index (κ2) is 10.5. The summed E-state index contributed by atoms with van der Waals surface area (Å²) < 4.78 is 1.48. The molecule has 2 amide bonds. The molecule has 1 atom stereocenters. The smallest absolute Gasteiger partial charge is 0.278 e. The number of carbonyl (C=O) groups excluding carboxylic acids is 2. The zero-order valence-electron chi connectivity index (χ0n) is 19.4. The summed E-state index contributed by atoms with van der Waals surface area (Å²) in [5.74, 6) is -0.516. The highest BCUT2D eigenvalue weighted by Gasteiger charge is 2.25. The molecule has 178 valence electrons. The van der Waals surface area contributed by atoms with E-state index < -0.39 is 11.6 Å². The van der Waals surface area contributed by atoms with Crippen LogP contribution in [0.2, 0.25) is 5.02 Å². The number of amides is 2. The summed E-state index contributed by atoms with van der Waals surface area (Å²) in [7, 11) is 0. The van der Waals surface area contributed by atoms with Crippen molar-refractivity contribution in [2.75, 3.05) is 10.6 Å². The molecule has 0 fully saturated rings. The van der Waals surface area contributed by atoms with Gasteiger partial charge in [-0.2, -0.15) is 0 Å². The van der Waals surface area contributed by atoms with E-state index in [0.717, 1.165) is 0 Å². The Morgan fingerprint density at radius 2 is 1.71 bits per heavy atom. The number of rotatable bonds is 7. The summed E-state index contributed by atoms with van der Waals surface area (Å²) in [5, 5.41) is 6.20. The minimum Gasteiger partial charge on any atom is -0.325 e. The normalized spacial score (nSPS) is 11.7. The van der Waals surface area contributed by atoms with E-state index in [-0.39, 0.29) is 17.5 Å². The van der Waals surface area contributed by atoms with Gasteiger partial charge >= 0.3 is 0 Å². The van der Waals surface area contributed by atoms with Crippen LogP contribution in [0.4, 0.5) is 11.4 Å². The van der Waals surface area contributed by atoms with Crippen LogP contribution < -0.4 is 16.2 Å². The van der Waals surface area contributed by atoms with Crippen LogP contribution >= 0.6 is 11.6 Å². The summed E-state index contributed by atoms with van der Waals surface area (Å²) in [6.45, 7) is 3.60. The number of hydrogen-bond acceptors (Lipinski definition) is 4. The Kier molecular flexibility index (Phi) is 7.27. The summed E-state index contributed by atoms with van der Waals surface area (Å²) in [4.78, 5) is 44.0. The molecule has 0 unspecified atom stereocenters. The quantitative estimate of drug-likeness (QED) is 0.351. The van der Waals surface area contributed by atoms with Gasteiger partial charge in [0, 0.05) is 22.7 Å². The van der Waals surface area contributed by atoms with Crippen molar-refractivity contribution >= 4 is 45.8 Å². The Labute approximate surface area is 207 Å². The molecular formula is C27H25ClN4O3. The van der Waals surface area contributed by atoms with Crippen LogP contribution in [0.15, 0.2) is 77.6 Å². The second-order valence-electron chi connectivity index (χ2n) is 8.00. The number of nitrogens with one attached hydrogen (secondary N) is 2. The first-order valence-corrected chi connectivity index (χ1v) is 11.8. The Morgan fingerprint density at radius 3 is 2.46 bits per heavy atom. The van der Waals surface area contributed by atoms with Crippen molar-refractivity contribution in [3.63, 3.8) is 0 Å². The van der Waals surface area contributed by atoms with Crippen molar-refractivity contribution in [3.05, 3.63) is 88.2 Å². The van der Waals surface area contributed by atoms with E-state index in [1.165, 1.54) is 4.57 Å². The fraction of sp³-hybridized carbons (Fsp3) is 0.185. The molecule has 8 heteroatoms. The number of aromatic nitrogens is 2. The van der Waals surface area contributed by atoms with Gasteiger partial charge in [-0.05, 0) is 42.8 Å². The lowest BCUT2D eigenvalue weighted by atomic mass is 10.1. The van der Waals surface area contributed by atoms with E-state index in [1.54, 1.807) is 73.7 Å². The van der Waals surface area contributed by atoms with Gasteiger partial charge in [-0.15, -0.1) is 0 Å². The van der Waals surface area contributed by atoms with Gasteiger partial charge in [0.2, 0.25) is 11.8 Å². The summed E-state index contributed by atoms with van der Waals surface area (Å²) in [6, 6.07) is 20.3. The van der Waals surface area contributed by atoms with Crippen LogP contribution in [0.3, 0.4) is 0 Å². The SMILES string of the molecule is CCC(=O)Nc1ccccc1-c1nc2ccccc2n([C@H](CC)C(=O)Nc2cccc(Cl)c2)c1=O. The lowest BCUT2D eigenvalue weighted by molar-refractivity contribution is -0.119. The average Bonchev–Trinajstić information content (AvgIpc) is 2.86. The van der Waals surface area contributed by atoms with E-state index in [9.17, 15) is 14.4 Å². The first-order chi connectivity index (χ1) is 16.9. The predicted molar refractivity (Wildman–Crippen MR) is 140 cm³/mol. The maximum Gasteiger partial charge on any atom is 0.278 e. The Bertz CT molecular complexity index is 1460. The van der Waals surface area contributed by atoms with Crippen molar-refractivity contribution in [2.45, 2.75) is 32.7 Å². The second-order valence-corrected chi connectivity index (χ2v) is 8.43. The average molecular weight is 489 g/mol. The van der Waals surface area contributed by atoms with Gasteiger partial charge in [0.25, 0.3) is 5.56 Å². The van der Waals surface area contributed by atoms with E-state index in [4.69, 9.17) is 11.6 Å². The number of benzene rings is 3. The Hall–Kier alpha value is -3.97. The fourth-order valence-electron chi connectivity index (χ4n) is 3.95. The standard InChI is InChI=1S/C27H25ClN4O3/c1-3-22(26(34)29-18-11-9-10-17(28)16-18)32-23-15-8-7-14-21(23)31-25(27(32)35)19-12-5-6-13-20(19)30-24(33)4-2/h5-16,22H,3-4H2,1-2H3,(H,29,34)(H,30,33)/t22-/m1/s1. The molecule has 4 rings (SSSR count). The molecule has 0 aliphatic rings. The third-order valence-corrected chi connectivity index (χ3v) is 5.90. The van der Waals surface area contributed by atoms with Gasteiger partial charge in [-0.3, -0.25) is 19.0 Å². The highest BCUT2D eigenvalue weighted by Crippen LogP contribution is 2.28. The van der Waals surface area contributed by atoms with Crippen molar-refractivity contribution in [2.24, 2.45) is 0 Å². The largest absolute Gasteiger partial charge is 0.325 e. The molecule has 0 saturated carbocycles. The molecule has 3 aromatic carbocycles. The number of carbonyl (C=O) groups is 2. The van der Waals surface area contributed by atoms with Gasteiger partial charge in [0.05, 0.1) is 16.7 Å². The van der Waals surface area contributed by atoms with Gasteiger partial charge in [0.15, 0.2) is 0 Å². The topological polar surface area (TPSA) is 93.1 Å². The molecule has 0 bridgehead atoms. The number of hydrogen-bond donors (Lipinski definition) is 2. The summed E-state index contributed by atoms with van der Waals surface area (Å²) >= 11 is 6.07. The first-order valence-electron chi connectivity index (χ1n) is 11.4. The number of para-hydroxylation sites is 3. The molecule has 0 aliphatic carbocycles. The van der Waals surface area contributed by atoms with Crippen LogP contribution in [-0.4, -0.2) is 21.4 Å². The molecule has 2 N–H and O–H groups in total. The fourth-order valence-corrected chi connectivity index (χ4v) is 4.14. The number of fused-ring (bicyclic) bond motifs is 1. The molecule has 1 aromatic heterocycles. The minimum absolute atomic E-state index is 0.157. The van der Waals surface area contributed by atoms with E-state index in [0.29, 0.717) is 45.8 Å². The maximum absolute atomic E-state index is 13.9. The molecule has 0 spiro atoms. The van der Waals surface area contributed by atoms with Crippen molar-refractivity contribution in [3.8, 4) is 11.3 Å². The molecule has 1 heterocycles. The molecular weight excluding hydrogens is 464 g/mol. The van der Waals surface area contributed by atoms with E-state index in [2.05, 4.69) is 15.6 Å². The number of nitrogens with zero attached hydrogens (tertiary/aromatic N) is 2.